The number of hydrogen-bond acceptors (Lipinski definition) is 3. The zero-order valence-corrected chi connectivity index (χ0v) is 21.2. The Balaban J connectivity index is 1.39. The molecule has 2 aliphatic rings. The largest absolute Gasteiger partial charge is 0.456 e. The minimum atomic E-state index is -3.28. The molecule has 0 spiro atoms. The summed E-state index contributed by atoms with van der Waals surface area (Å²) in [5.41, 5.74) is 4.27. The molecule has 6 aromatic carbocycles. The van der Waals surface area contributed by atoms with Gasteiger partial charge in [-0.3, -0.25) is 0 Å². The van der Waals surface area contributed by atoms with Gasteiger partial charge in [-0.25, -0.2) is 0 Å². The highest BCUT2D eigenvalue weighted by Gasteiger charge is 2.47. The molecule has 8 rings (SSSR count). The van der Waals surface area contributed by atoms with Gasteiger partial charge in [-0.15, -0.1) is 0 Å². The van der Waals surface area contributed by atoms with Gasteiger partial charge in [0.05, 0.1) is 10.6 Å². The van der Waals surface area contributed by atoms with E-state index in [-0.39, 0.29) is 0 Å². The predicted molar refractivity (Wildman–Crippen MR) is 154 cm³/mol. The molecule has 0 saturated heterocycles. The number of ether oxygens (including phenoxy) is 2. The van der Waals surface area contributed by atoms with Crippen molar-refractivity contribution < 1.29 is 14.0 Å². The van der Waals surface area contributed by atoms with Gasteiger partial charge in [-0.05, 0) is 69.4 Å². The molecular weight excluding hydrogens is 487 g/mol. The minimum absolute atomic E-state index is 0.586. The Morgan fingerprint density at radius 3 is 1.95 bits per heavy atom. The van der Waals surface area contributed by atoms with E-state index in [1.807, 2.05) is 91.0 Å². The van der Waals surface area contributed by atoms with Crippen molar-refractivity contribution in [3.63, 3.8) is 0 Å². The highest BCUT2D eigenvalue weighted by molar-refractivity contribution is 7.86. The zero-order chi connectivity index (χ0) is 25.3. The molecule has 38 heavy (non-hydrogen) atoms. The van der Waals surface area contributed by atoms with E-state index in [0.717, 1.165) is 38.3 Å². The lowest BCUT2D eigenvalue weighted by Crippen LogP contribution is -2.35. The van der Waals surface area contributed by atoms with Crippen molar-refractivity contribution in [3.05, 3.63) is 127 Å². The monoisotopic (exact) mass is 508 g/mol. The van der Waals surface area contributed by atoms with Crippen LogP contribution >= 0.6 is 7.14 Å². The Labute approximate surface area is 220 Å². The van der Waals surface area contributed by atoms with Gasteiger partial charge in [0.15, 0.2) is 7.14 Å². The number of rotatable bonds is 2. The van der Waals surface area contributed by atoms with Crippen LogP contribution in [0, 0.1) is 0 Å². The second kappa shape index (κ2) is 7.95. The van der Waals surface area contributed by atoms with Crippen LogP contribution in [0.2, 0.25) is 0 Å². The average molecular weight is 509 g/mol. The highest BCUT2D eigenvalue weighted by atomic mass is 31.2. The third-order valence-corrected chi connectivity index (χ3v) is 10.7. The van der Waals surface area contributed by atoms with Crippen molar-refractivity contribution in [2.45, 2.75) is 0 Å². The van der Waals surface area contributed by atoms with Crippen LogP contribution in [-0.2, 0) is 4.57 Å². The maximum atomic E-state index is 15.5. The SMILES string of the molecule is O=P12c3ccccc3Oc3cc(-c4cccc(-c5ccccc5)c4)cc(c31)Oc1ccc3ccccc3c12. The van der Waals surface area contributed by atoms with Crippen LogP contribution in [0.3, 0.4) is 0 Å². The van der Waals surface area contributed by atoms with Crippen LogP contribution in [0.5, 0.6) is 23.0 Å². The Bertz CT molecular complexity index is 1940. The summed E-state index contributed by atoms with van der Waals surface area (Å²) < 4.78 is 28.5. The summed E-state index contributed by atoms with van der Waals surface area (Å²) >= 11 is 0. The molecule has 0 radical (unpaired) electrons. The van der Waals surface area contributed by atoms with Crippen LogP contribution in [0.25, 0.3) is 33.0 Å². The number of fused-ring (bicyclic) bond motifs is 6. The fraction of sp³-hybridized carbons (Fsp3) is 0. The maximum Gasteiger partial charge on any atom is 0.186 e. The molecule has 0 saturated carbocycles. The molecule has 3 nitrogen and oxygen atoms in total. The van der Waals surface area contributed by atoms with Gasteiger partial charge in [0.1, 0.15) is 28.3 Å². The van der Waals surface area contributed by atoms with E-state index in [9.17, 15) is 0 Å². The van der Waals surface area contributed by atoms with E-state index < -0.39 is 7.14 Å². The first-order chi connectivity index (χ1) is 18.7. The summed E-state index contributed by atoms with van der Waals surface area (Å²) in [5, 5.41) is 4.09. The molecule has 180 valence electrons. The van der Waals surface area contributed by atoms with Crippen LogP contribution in [0.1, 0.15) is 0 Å². The molecule has 1 unspecified atom stereocenters. The van der Waals surface area contributed by atoms with Crippen LogP contribution in [0.4, 0.5) is 0 Å². The maximum absolute atomic E-state index is 15.5. The van der Waals surface area contributed by atoms with Gasteiger partial charge in [0.2, 0.25) is 0 Å². The quantitative estimate of drug-likeness (QED) is 0.222. The van der Waals surface area contributed by atoms with Gasteiger partial charge >= 0.3 is 0 Å². The van der Waals surface area contributed by atoms with Crippen molar-refractivity contribution >= 4 is 33.8 Å². The standard InChI is InChI=1S/C34H21O3P/c35-38-32-16-7-6-15-28(32)36-30-20-26(25-13-8-12-24(19-25)22-9-2-1-3-10-22)21-31(34(30)38)37-29-18-17-23-11-4-5-14-27(23)33(29)38/h1-21H. The normalized spacial score (nSPS) is 16.5. The number of para-hydroxylation sites is 1. The Morgan fingerprint density at radius 2 is 1.11 bits per heavy atom. The van der Waals surface area contributed by atoms with Crippen molar-refractivity contribution in [1.82, 2.24) is 0 Å². The lowest BCUT2D eigenvalue weighted by Gasteiger charge is -2.35. The lowest BCUT2D eigenvalue weighted by atomic mass is 9.98. The Hall–Kier alpha value is -4.59. The molecule has 0 bridgehead atoms. The van der Waals surface area contributed by atoms with Crippen molar-refractivity contribution in [2.24, 2.45) is 0 Å². The fourth-order valence-corrected chi connectivity index (χ4v) is 9.01. The summed E-state index contributed by atoms with van der Waals surface area (Å²) in [6, 6.07) is 42.5. The molecule has 0 fully saturated rings. The highest BCUT2D eigenvalue weighted by Crippen LogP contribution is 2.60. The second-order valence-corrected chi connectivity index (χ2v) is 12.3. The summed E-state index contributed by atoms with van der Waals surface area (Å²) in [6.07, 6.45) is 0. The molecule has 0 amide bonds. The van der Waals surface area contributed by atoms with Gasteiger partial charge in [-0.2, -0.15) is 0 Å². The van der Waals surface area contributed by atoms with Crippen LogP contribution in [-0.4, -0.2) is 0 Å². The summed E-state index contributed by atoms with van der Waals surface area (Å²) in [7, 11) is -3.28. The molecule has 6 aromatic rings. The third kappa shape index (κ3) is 3.00. The van der Waals surface area contributed by atoms with E-state index >= 15 is 4.57 Å². The van der Waals surface area contributed by atoms with Crippen LogP contribution < -0.4 is 25.4 Å². The predicted octanol–water partition coefficient (Wildman–Crippen LogP) is 8.02. The van der Waals surface area contributed by atoms with E-state index in [4.69, 9.17) is 9.47 Å². The molecule has 1 atom stereocenters. The molecule has 0 N–H and O–H groups in total. The fourth-order valence-electron chi connectivity index (χ4n) is 5.76. The van der Waals surface area contributed by atoms with Gasteiger partial charge in [-0.1, -0.05) is 91.0 Å². The van der Waals surface area contributed by atoms with Crippen molar-refractivity contribution in [3.8, 4) is 45.3 Å². The van der Waals surface area contributed by atoms with Crippen molar-refractivity contribution in [1.29, 1.82) is 0 Å². The van der Waals surface area contributed by atoms with E-state index in [2.05, 4.69) is 36.4 Å². The van der Waals surface area contributed by atoms with Gasteiger partial charge in [0.25, 0.3) is 0 Å². The molecule has 2 heterocycles. The van der Waals surface area contributed by atoms with E-state index in [0.29, 0.717) is 33.6 Å². The summed E-state index contributed by atoms with van der Waals surface area (Å²) in [4.78, 5) is 0. The topological polar surface area (TPSA) is 35.5 Å². The summed E-state index contributed by atoms with van der Waals surface area (Å²) in [6.45, 7) is 0. The molecule has 2 aliphatic heterocycles. The molecule has 0 aliphatic carbocycles. The van der Waals surface area contributed by atoms with Crippen molar-refractivity contribution in [2.75, 3.05) is 0 Å². The van der Waals surface area contributed by atoms with E-state index in [1.54, 1.807) is 0 Å². The number of benzene rings is 6. The molecule has 0 aromatic heterocycles. The first-order valence-corrected chi connectivity index (χ1v) is 14.3. The minimum Gasteiger partial charge on any atom is -0.456 e. The van der Waals surface area contributed by atoms with E-state index in [1.165, 1.54) is 0 Å². The Morgan fingerprint density at radius 1 is 0.447 bits per heavy atom. The first-order valence-electron chi connectivity index (χ1n) is 12.6. The second-order valence-electron chi connectivity index (χ2n) is 9.68. The zero-order valence-electron chi connectivity index (χ0n) is 20.3. The smallest absolute Gasteiger partial charge is 0.186 e. The molecular formula is C34H21O3P. The Kier molecular flexibility index (Phi) is 4.50. The first kappa shape index (κ1) is 21.5. The lowest BCUT2D eigenvalue weighted by molar-refractivity contribution is 0.462. The van der Waals surface area contributed by atoms with Gasteiger partial charge < -0.3 is 14.0 Å². The summed E-state index contributed by atoms with van der Waals surface area (Å²) in [5.74, 6) is 2.44. The third-order valence-electron chi connectivity index (χ3n) is 7.48. The average Bonchev–Trinajstić information content (AvgIpc) is 2.97. The van der Waals surface area contributed by atoms with Crippen LogP contribution in [0.15, 0.2) is 127 Å². The van der Waals surface area contributed by atoms with Gasteiger partial charge in [0, 0.05) is 0 Å². The number of hydrogen-bond donors (Lipinski definition) is 0. The molecule has 4 heteroatoms.